The van der Waals surface area contributed by atoms with E-state index < -0.39 is 16.6 Å². The second-order valence-corrected chi connectivity index (χ2v) is 20.1. The number of hydrogen-bond acceptors (Lipinski definition) is 3. The highest BCUT2D eigenvalue weighted by molar-refractivity contribution is 6.75. The quantitative estimate of drug-likeness (QED) is 0.482. The van der Waals surface area contributed by atoms with Gasteiger partial charge in [0.15, 0.2) is 8.32 Å². The van der Waals surface area contributed by atoms with Gasteiger partial charge in [-0.1, -0.05) is 60.6 Å². The third-order valence-electron chi connectivity index (χ3n) is 6.23. The normalized spacial score (nSPS) is 14.9. The zero-order valence-corrected chi connectivity index (χ0v) is 21.6. The standard InChI is InChI=1S/C22H43NO2Si2/c1-12-23-17-20(25-27(10,11)22(5,6)7)18-14-13-15-19(16-18)24-26(8,9)21(2,3)4/h13-16,20,23H,12,17H2,1-11H3. The Bertz CT molecular complexity index is 601. The Morgan fingerprint density at radius 1 is 0.926 bits per heavy atom. The van der Waals surface area contributed by atoms with Crippen LogP contribution in [0.5, 0.6) is 5.75 Å². The molecule has 156 valence electrons. The maximum Gasteiger partial charge on any atom is 0.250 e. The highest BCUT2D eigenvalue weighted by atomic mass is 28.4. The van der Waals surface area contributed by atoms with E-state index in [0.717, 1.165) is 18.8 Å². The fourth-order valence-electron chi connectivity index (χ4n) is 2.26. The molecule has 0 aromatic heterocycles. The Labute approximate surface area is 170 Å². The molecule has 1 rings (SSSR count). The van der Waals surface area contributed by atoms with Crippen molar-refractivity contribution in [2.75, 3.05) is 13.1 Å². The molecule has 1 aromatic carbocycles. The van der Waals surface area contributed by atoms with Crippen molar-refractivity contribution in [3.8, 4) is 5.75 Å². The average molecular weight is 410 g/mol. The van der Waals surface area contributed by atoms with Crippen LogP contribution < -0.4 is 9.74 Å². The molecule has 0 aliphatic carbocycles. The van der Waals surface area contributed by atoms with E-state index in [4.69, 9.17) is 8.85 Å². The first-order chi connectivity index (χ1) is 12.1. The van der Waals surface area contributed by atoms with E-state index in [1.807, 2.05) is 0 Å². The Morgan fingerprint density at radius 2 is 1.48 bits per heavy atom. The van der Waals surface area contributed by atoms with Gasteiger partial charge in [-0.2, -0.15) is 0 Å². The third kappa shape index (κ3) is 6.73. The van der Waals surface area contributed by atoms with Gasteiger partial charge in [0.25, 0.3) is 0 Å². The molecule has 3 nitrogen and oxygen atoms in total. The van der Waals surface area contributed by atoms with Crippen LogP contribution in [0.25, 0.3) is 0 Å². The molecular weight excluding hydrogens is 366 g/mol. The zero-order valence-electron chi connectivity index (χ0n) is 19.6. The summed E-state index contributed by atoms with van der Waals surface area (Å²) in [6.07, 6.45) is 0.0498. The Kier molecular flexibility index (Phi) is 7.96. The van der Waals surface area contributed by atoms with Gasteiger partial charge in [0.2, 0.25) is 8.32 Å². The summed E-state index contributed by atoms with van der Waals surface area (Å²) in [6.45, 7) is 26.8. The predicted molar refractivity (Wildman–Crippen MR) is 124 cm³/mol. The van der Waals surface area contributed by atoms with Crippen LogP contribution in [0.3, 0.4) is 0 Å². The van der Waals surface area contributed by atoms with Crippen molar-refractivity contribution in [1.29, 1.82) is 0 Å². The Balaban J connectivity index is 3.14. The number of hydrogen-bond donors (Lipinski definition) is 1. The number of nitrogens with one attached hydrogen (secondary N) is 1. The van der Waals surface area contributed by atoms with Gasteiger partial charge >= 0.3 is 0 Å². The van der Waals surface area contributed by atoms with Crippen LogP contribution in [0.15, 0.2) is 24.3 Å². The van der Waals surface area contributed by atoms with E-state index >= 15 is 0 Å². The Morgan fingerprint density at radius 3 is 1.96 bits per heavy atom. The first-order valence-corrected chi connectivity index (χ1v) is 16.1. The minimum absolute atomic E-state index is 0.0498. The summed E-state index contributed by atoms with van der Waals surface area (Å²) < 4.78 is 13.3. The summed E-state index contributed by atoms with van der Waals surface area (Å²) in [5.41, 5.74) is 1.21. The topological polar surface area (TPSA) is 30.5 Å². The molecule has 0 fully saturated rings. The number of likely N-dealkylation sites (N-methyl/N-ethyl adjacent to an activating group) is 1. The summed E-state index contributed by atoms with van der Waals surface area (Å²) in [5, 5.41) is 3.85. The highest BCUT2D eigenvalue weighted by Crippen LogP contribution is 2.41. The molecule has 0 spiro atoms. The molecule has 0 saturated heterocycles. The van der Waals surface area contributed by atoms with E-state index in [1.165, 1.54) is 5.56 Å². The smallest absolute Gasteiger partial charge is 0.250 e. The maximum atomic E-state index is 6.78. The van der Waals surface area contributed by atoms with Crippen molar-refractivity contribution < 1.29 is 8.85 Å². The van der Waals surface area contributed by atoms with E-state index in [1.54, 1.807) is 0 Å². The lowest BCUT2D eigenvalue weighted by Gasteiger charge is -2.40. The lowest BCUT2D eigenvalue weighted by molar-refractivity contribution is 0.181. The fraction of sp³-hybridized carbons (Fsp3) is 0.727. The molecule has 1 aromatic rings. The van der Waals surface area contributed by atoms with Gasteiger partial charge in [-0.15, -0.1) is 0 Å². The van der Waals surface area contributed by atoms with E-state index in [9.17, 15) is 0 Å². The van der Waals surface area contributed by atoms with Gasteiger partial charge in [0, 0.05) is 6.54 Å². The number of rotatable bonds is 8. The first kappa shape index (κ1) is 24.4. The second-order valence-electron chi connectivity index (χ2n) is 10.6. The summed E-state index contributed by atoms with van der Waals surface area (Å²) >= 11 is 0. The lowest BCUT2D eigenvalue weighted by Crippen LogP contribution is -2.44. The van der Waals surface area contributed by atoms with Crippen LogP contribution in [0.4, 0.5) is 0 Å². The summed E-state index contributed by atoms with van der Waals surface area (Å²) in [5.74, 6) is 0.972. The lowest BCUT2D eigenvalue weighted by atomic mass is 10.1. The second kappa shape index (κ2) is 8.81. The van der Waals surface area contributed by atoms with Crippen LogP contribution in [-0.4, -0.2) is 29.7 Å². The SMILES string of the molecule is CCNCC(O[Si](C)(C)C(C)(C)C)c1cccc(O[Si](C)(C)C(C)(C)C)c1. The van der Waals surface area contributed by atoms with Crippen molar-refractivity contribution in [3.05, 3.63) is 29.8 Å². The van der Waals surface area contributed by atoms with E-state index in [2.05, 4.69) is 104 Å². The third-order valence-corrected chi connectivity index (χ3v) is 15.1. The molecule has 0 aliphatic heterocycles. The molecule has 1 unspecified atom stereocenters. The maximum absolute atomic E-state index is 6.78. The van der Waals surface area contributed by atoms with E-state index in [0.29, 0.717) is 0 Å². The van der Waals surface area contributed by atoms with Crippen LogP contribution in [0.1, 0.15) is 60.1 Å². The summed E-state index contributed by atoms with van der Waals surface area (Å²) in [6, 6.07) is 8.55. The Hall–Kier alpha value is -0.626. The molecule has 5 heteroatoms. The van der Waals surface area contributed by atoms with Crippen LogP contribution >= 0.6 is 0 Å². The van der Waals surface area contributed by atoms with Gasteiger partial charge in [0.05, 0.1) is 6.10 Å². The molecule has 0 amide bonds. The highest BCUT2D eigenvalue weighted by Gasteiger charge is 2.40. The minimum Gasteiger partial charge on any atom is -0.543 e. The van der Waals surface area contributed by atoms with Crippen molar-refractivity contribution >= 4 is 16.6 Å². The molecule has 1 atom stereocenters. The largest absolute Gasteiger partial charge is 0.543 e. The van der Waals surface area contributed by atoms with Crippen LogP contribution in [-0.2, 0) is 4.43 Å². The molecular formula is C22H43NO2Si2. The number of benzene rings is 1. The molecule has 0 aliphatic rings. The average Bonchev–Trinajstić information content (AvgIpc) is 2.49. The van der Waals surface area contributed by atoms with Crippen molar-refractivity contribution in [3.63, 3.8) is 0 Å². The van der Waals surface area contributed by atoms with Gasteiger partial charge in [-0.25, -0.2) is 0 Å². The zero-order chi connectivity index (χ0) is 21.1. The van der Waals surface area contributed by atoms with Crippen molar-refractivity contribution in [2.24, 2.45) is 0 Å². The first-order valence-electron chi connectivity index (χ1n) is 10.3. The molecule has 27 heavy (non-hydrogen) atoms. The molecule has 0 saturated carbocycles. The van der Waals surface area contributed by atoms with Gasteiger partial charge in [0.1, 0.15) is 5.75 Å². The summed E-state index contributed by atoms with van der Waals surface area (Å²) in [4.78, 5) is 0. The van der Waals surface area contributed by atoms with Crippen molar-refractivity contribution in [2.45, 2.75) is 90.8 Å². The van der Waals surface area contributed by atoms with Crippen molar-refractivity contribution in [1.82, 2.24) is 5.32 Å². The van der Waals surface area contributed by atoms with Crippen LogP contribution in [0, 0.1) is 0 Å². The molecule has 1 N–H and O–H groups in total. The fourth-order valence-corrected chi connectivity index (χ4v) is 4.57. The summed E-state index contributed by atoms with van der Waals surface area (Å²) in [7, 11) is -3.72. The monoisotopic (exact) mass is 409 g/mol. The van der Waals surface area contributed by atoms with Gasteiger partial charge < -0.3 is 14.2 Å². The minimum atomic E-state index is -1.87. The van der Waals surface area contributed by atoms with Gasteiger partial charge in [-0.3, -0.25) is 0 Å². The van der Waals surface area contributed by atoms with Crippen LogP contribution in [0.2, 0.25) is 36.3 Å². The molecule has 0 heterocycles. The molecule has 0 radical (unpaired) electrons. The van der Waals surface area contributed by atoms with Gasteiger partial charge in [-0.05, 0) is 60.5 Å². The van der Waals surface area contributed by atoms with E-state index in [-0.39, 0.29) is 16.2 Å². The predicted octanol–water partition coefficient (Wildman–Crippen LogP) is 6.74. The molecule has 0 bridgehead atoms.